The van der Waals surface area contributed by atoms with Crippen LogP contribution in [0.3, 0.4) is 0 Å². The quantitative estimate of drug-likeness (QED) is 0.850. The number of carbonyl (C=O) groups is 2. The van der Waals surface area contributed by atoms with Gasteiger partial charge in [-0.3, -0.25) is 9.59 Å². The Balaban J connectivity index is 1.53. The van der Waals surface area contributed by atoms with Gasteiger partial charge in [-0.05, 0) is 66.5 Å². The Labute approximate surface area is 177 Å². The van der Waals surface area contributed by atoms with Gasteiger partial charge in [0.05, 0.1) is 23.6 Å². The molecular weight excluding hydrogens is 376 g/mol. The molecule has 1 N–H and O–H groups in total. The summed E-state index contributed by atoms with van der Waals surface area (Å²) in [4.78, 5) is 29.2. The van der Waals surface area contributed by atoms with Crippen molar-refractivity contribution in [3.8, 4) is 11.1 Å². The molecule has 30 heavy (non-hydrogen) atoms. The maximum atomic E-state index is 13.6. The summed E-state index contributed by atoms with van der Waals surface area (Å²) in [5.74, 6) is 0.535. The van der Waals surface area contributed by atoms with E-state index in [2.05, 4.69) is 6.07 Å². The van der Waals surface area contributed by atoms with E-state index in [1.807, 2.05) is 56.1 Å². The van der Waals surface area contributed by atoms with Crippen molar-refractivity contribution in [2.45, 2.75) is 57.8 Å². The van der Waals surface area contributed by atoms with Gasteiger partial charge in [-0.2, -0.15) is 0 Å². The SMILES string of the molecule is CN1Cc2cc(-c3cccc4c3C(=O)N(C(C3CC3)C(C)(C)O)C4)ccc2CC1=O. The van der Waals surface area contributed by atoms with E-state index in [4.69, 9.17) is 0 Å². The molecule has 2 aromatic carbocycles. The van der Waals surface area contributed by atoms with Crippen molar-refractivity contribution in [2.24, 2.45) is 5.92 Å². The van der Waals surface area contributed by atoms with Crippen LogP contribution in [0.2, 0.25) is 0 Å². The summed E-state index contributed by atoms with van der Waals surface area (Å²) in [5.41, 5.74) is 5.01. The van der Waals surface area contributed by atoms with Gasteiger partial charge >= 0.3 is 0 Å². The highest BCUT2D eigenvalue weighted by atomic mass is 16.3. The molecule has 0 bridgehead atoms. The predicted octanol–water partition coefficient (Wildman–Crippen LogP) is 3.37. The third kappa shape index (κ3) is 3.12. The minimum absolute atomic E-state index is 0.0182. The number of hydrogen-bond donors (Lipinski definition) is 1. The van der Waals surface area contributed by atoms with Crippen LogP contribution in [0.4, 0.5) is 0 Å². The minimum Gasteiger partial charge on any atom is -0.388 e. The largest absolute Gasteiger partial charge is 0.388 e. The van der Waals surface area contributed by atoms with Gasteiger partial charge in [-0.15, -0.1) is 0 Å². The van der Waals surface area contributed by atoms with Crippen molar-refractivity contribution < 1.29 is 14.7 Å². The molecule has 2 aromatic rings. The molecule has 3 aliphatic rings. The summed E-state index contributed by atoms with van der Waals surface area (Å²) < 4.78 is 0. The zero-order valence-corrected chi connectivity index (χ0v) is 17.8. The zero-order chi connectivity index (χ0) is 21.2. The third-order valence-electron chi connectivity index (χ3n) is 6.79. The Kier molecular flexibility index (Phi) is 4.30. The Morgan fingerprint density at radius 1 is 1.03 bits per heavy atom. The summed E-state index contributed by atoms with van der Waals surface area (Å²) in [6.07, 6.45) is 2.57. The average Bonchev–Trinajstić information content (AvgIpc) is 3.45. The molecule has 0 radical (unpaired) electrons. The van der Waals surface area contributed by atoms with Crippen LogP contribution >= 0.6 is 0 Å². The van der Waals surface area contributed by atoms with Crippen LogP contribution in [0, 0.1) is 5.92 Å². The molecule has 1 fully saturated rings. The molecule has 2 heterocycles. The normalized spacial score (nSPS) is 19.7. The van der Waals surface area contributed by atoms with Crippen molar-refractivity contribution in [1.29, 1.82) is 0 Å². The lowest BCUT2D eigenvalue weighted by Crippen LogP contribution is -2.51. The summed E-state index contributed by atoms with van der Waals surface area (Å²) in [6.45, 7) is 4.78. The first-order chi connectivity index (χ1) is 14.2. The van der Waals surface area contributed by atoms with Crippen molar-refractivity contribution in [2.75, 3.05) is 7.05 Å². The van der Waals surface area contributed by atoms with Crippen molar-refractivity contribution in [3.63, 3.8) is 0 Å². The first-order valence-corrected chi connectivity index (χ1v) is 10.8. The van der Waals surface area contributed by atoms with E-state index in [0.717, 1.165) is 46.2 Å². The summed E-state index contributed by atoms with van der Waals surface area (Å²) in [5, 5.41) is 10.8. The first kappa shape index (κ1) is 19.3. The Morgan fingerprint density at radius 3 is 2.50 bits per heavy atom. The second-order valence-electron chi connectivity index (χ2n) is 9.62. The predicted molar refractivity (Wildman–Crippen MR) is 115 cm³/mol. The minimum atomic E-state index is -0.929. The van der Waals surface area contributed by atoms with Gasteiger partial charge in [0, 0.05) is 20.1 Å². The monoisotopic (exact) mass is 404 g/mol. The Hall–Kier alpha value is -2.66. The number of benzene rings is 2. The molecule has 1 saturated carbocycles. The lowest BCUT2D eigenvalue weighted by atomic mass is 9.91. The maximum absolute atomic E-state index is 13.6. The van der Waals surface area contributed by atoms with Crippen LogP contribution in [0.1, 0.15) is 53.7 Å². The van der Waals surface area contributed by atoms with Gasteiger partial charge < -0.3 is 14.9 Å². The van der Waals surface area contributed by atoms with Gasteiger partial charge in [0.25, 0.3) is 5.91 Å². The molecule has 2 aliphatic heterocycles. The molecular formula is C25H28N2O3. The van der Waals surface area contributed by atoms with E-state index in [1.54, 1.807) is 4.90 Å². The number of likely N-dealkylation sites (N-methyl/N-ethyl adjacent to an activating group) is 1. The Bertz CT molecular complexity index is 1050. The number of fused-ring (bicyclic) bond motifs is 2. The number of aliphatic hydroxyl groups is 1. The molecule has 1 aliphatic carbocycles. The van der Waals surface area contributed by atoms with E-state index in [9.17, 15) is 14.7 Å². The number of amides is 2. The van der Waals surface area contributed by atoms with Gasteiger partial charge in [0.15, 0.2) is 0 Å². The second-order valence-corrected chi connectivity index (χ2v) is 9.62. The van der Waals surface area contributed by atoms with Crippen molar-refractivity contribution in [3.05, 3.63) is 58.7 Å². The van der Waals surface area contributed by atoms with Gasteiger partial charge in [0.1, 0.15) is 0 Å². The first-order valence-electron chi connectivity index (χ1n) is 10.8. The fourth-order valence-electron chi connectivity index (χ4n) is 5.23. The second kappa shape index (κ2) is 6.67. The third-order valence-corrected chi connectivity index (χ3v) is 6.79. The number of rotatable bonds is 4. The molecule has 5 nitrogen and oxygen atoms in total. The summed E-state index contributed by atoms with van der Waals surface area (Å²) >= 11 is 0. The van der Waals surface area contributed by atoms with Gasteiger partial charge in [0.2, 0.25) is 5.91 Å². The van der Waals surface area contributed by atoms with Crippen LogP contribution in [0.25, 0.3) is 11.1 Å². The van der Waals surface area contributed by atoms with E-state index in [1.165, 1.54) is 0 Å². The fraction of sp³-hybridized carbons (Fsp3) is 0.440. The van der Waals surface area contributed by atoms with E-state index < -0.39 is 5.60 Å². The fourth-order valence-corrected chi connectivity index (χ4v) is 5.23. The number of nitrogens with zero attached hydrogens (tertiary/aromatic N) is 2. The van der Waals surface area contributed by atoms with E-state index >= 15 is 0 Å². The highest BCUT2D eigenvalue weighted by Crippen LogP contribution is 2.44. The van der Waals surface area contributed by atoms with E-state index in [-0.39, 0.29) is 17.9 Å². The topological polar surface area (TPSA) is 60.9 Å². The van der Waals surface area contributed by atoms with Crippen LogP contribution < -0.4 is 0 Å². The summed E-state index contributed by atoms with van der Waals surface area (Å²) in [6, 6.07) is 12.1. The van der Waals surface area contributed by atoms with Crippen LogP contribution in [-0.2, 0) is 24.3 Å². The highest BCUT2D eigenvalue weighted by molar-refractivity contribution is 6.05. The standard InChI is InChI=1S/C25H28N2O3/c1-25(2,30)23(15-7-8-15)27-14-18-5-4-6-20(22(18)24(27)29)17-10-9-16-12-21(28)26(3)13-19(16)11-17/h4-6,9-11,15,23,30H,7-8,12-14H2,1-3H3. The highest BCUT2D eigenvalue weighted by Gasteiger charge is 2.48. The molecule has 0 saturated heterocycles. The smallest absolute Gasteiger partial charge is 0.255 e. The number of carbonyl (C=O) groups excluding carboxylic acids is 2. The van der Waals surface area contributed by atoms with Gasteiger partial charge in [-0.25, -0.2) is 0 Å². The van der Waals surface area contributed by atoms with E-state index in [0.29, 0.717) is 25.4 Å². The van der Waals surface area contributed by atoms with Crippen LogP contribution in [-0.4, -0.2) is 45.4 Å². The lowest BCUT2D eigenvalue weighted by Gasteiger charge is -2.37. The zero-order valence-electron chi connectivity index (χ0n) is 17.8. The summed E-state index contributed by atoms with van der Waals surface area (Å²) in [7, 11) is 1.83. The Morgan fingerprint density at radius 2 is 1.80 bits per heavy atom. The van der Waals surface area contributed by atoms with Gasteiger partial charge in [-0.1, -0.05) is 30.3 Å². The average molecular weight is 405 g/mol. The maximum Gasteiger partial charge on any atom is 0.255 e. The molecule has 2 amide bonds. The lowest BCUT2D eigenvalue weighted by molar-refractivity contribution is -0.130. The van der Waals surface area contributed by atoms with Crippen molar-refractivity contribution in [1.82, 2.24) is 9.80 Å². The molecule has 5 heteroatoms. The molecule has 1 unspecified atom stereocenters. The van der Waals surface area contributed by atoms with Crippen LogP contribution in [0.5, 0.6) is 0 Å². The molecule has 156 valence electrons. The number of hydrogen-bond acceptors (Lipinski definition) is 3. The molecule has 0 spiro atoms. The molecule has 0 aromatic heterocycles. The molecule has 5 rings (SSSR count). The molecule has 1 atom stereocenters. The van der Waals surface area contributed by atoms with Crippen molar-refractivity contribution >= 4 is 11.8 Å². The van der Waals surface area contributed by atoms with Crippen LogP contribution in [0.15, 0.2) is 36.4 Å².